The van der Waals surface area contributed by atoms with Gasteiger partial charge in [-0.05, 0) is 96.7 Å². The quantitative estimate of drug-likeness (QED) is 0.178. The predicted octanol–water partition coefficient (Wildman–Crippen LogP) is 15.2. The smallest absolute Gasteiger partial charge is 0.161 e. The zero-order valence-corrected chi connectivity index (χ0v) is 34.5. The molecule has 0 aliphatic heterocycles. The number of para-hydroxylation sites is 3. The Morgan fingerprint density at radius 1 is 0.359 bits per heavy atom. The Bertz CT molecular complexity index is 3970. The zero-order valence-electron chi connectivity index (χ0n) is 34.5. The van der Waals surface area contributed by atoms with Crippen molar-refractivity contribution in [3.05, 3.63) is 235 Å². The third kappa shape index (κ3) is 4.17. The van der Waals surface area contributed by atoms with Crippen LogP contribution in [0.1, 0.15) is 22.3 Å². The lowest BCUT2D eigenvalue weighted by atomic mass is 9.69. The largest absolute Gasteiger partial charge is 0.309 e. The summed E-state index contributed by atoms with van der Waals surface area (Å²) in [6.45, 7) is 0. The highest BCUT2D eigenvalue weighted by atomic mass is 15.0. The van der Waals surface area contributed by atoms with E-state index in [-0.39, 0.29) is 0 Å². The molecule has 10 aromatic carbocycles. The molecule has 64 heavy (non-hydrogen) atoms. The highest BCUT2D eigenvalue weighted by Gasteiger charge is 2.54. The van der Waals surface area contributed by atoms with Crippen molar-refractivity contribution in [3.8, 4) is 72.8 Å². The fourth-order valence-corrected chi connectivity index (χ4v) is 12.2. The minimum atomic E-state index is -0.627. The molecule has 3 aliphatic rings. The third-order valence-electron chi connectivity index (χ3n) is 14.5. The molecule has 3 aliphatic carbocycles. The van der Waals surface area contributed by atoms with Crippen LogP contribution in [0.15, 0.2) is 212 Å². The van der Waals surface area contributed by atoms with Crippen molar-refractivity contribution in [1.29, 1.82) is 0 Å². The van der Waals surface area contributed by atoms with Gasteiger partial charge >= 0.3 is 0 Å². The molecule has 2 heterocycles. The lowest BCUT2D eigenvalue weighted by molar-refractivity contribution is 0.794. The Labute approximate surface area is 369 Å². The van der Waals surface area contributed by atoms with Gasteiger partial charge in [0, 0.05) is 38.4 Å². The van der Waals surface area contributed by atoms with E-state index >= 15 is 0 Å². The summed E-state index contributed by atoms with van der Waals surface area (Å²) in [7, 11) is 0. The predicted molar refractivity (Wildman–Crippen MR) is 263 cm³/mol. The summed E-state index contributed by atoms with van der Waals surface area (Å²) in [4.78, 5) is 11.3. The van der Waals surface area contributed by atoms with E-state index in [0.717, 1.165) is 33.5 Å². The molecule has 294 valence electrons. The Morgan fingerprint density at radius 3 is 1.69 bits per heavy atom. The van der Waals surface area contributed by atoms with E-state index in [1.165, 1.54) is 105 Å². The van der Waals surface area contributed by atoms with Gasteiger partial charge in [-0.25, -0.2) is 9.97 Å². The summed E-state index contributed by atoms with van der Waals surface area (Å²) in [5.41, 5.74) is 22.1. The fraction of sp³-hybridized carbons (Fsp3) is 0.0164. The van der Waals surface area contributed by atoms with Crippen LogP contribution in [0.25, 0.3) is 116 Å². The van der Waals surface area contributed by atoms with Gasteiger partial charge in [0.15, 0.2) is 5.82 Å². The first-order chi connectivity index (χ1) is 31.8. The first kappa shape index (κ1) is 34.2. The van der Waals surface area contributed by atoms with Crippen LogP contribution in [0.4, 0.5) is 0 Å². The monoisotopic (exact) mass is 809 g/mol. The van der Waals surface area contributed by atoms with E-state index < -0.39 is 5.41 Å². The summed E-state index contributed by atoms with van der Waals surface area (Å²) >= 11 is 0. The highest BCUT2D eigenvalue weighted by molar-refractivity contribution is 6.21. The standard InChI is InChI=1S/C61H35N3/c1-2-17-37(18-3-1)59-43-25-6-11-31-50(43)62-60(63-59)58-55-44-27-15-20-36-19-14-26-40(54(36)44)45(55)35-49-57(58)42-24-5-10-29-47(42)61(49)46-28-9-4-23-41(46)56-48(61)30-16-34-53(56)64-51-32-12-7-21-38(51)39-22-8-13-33-52(39)64/h1-35H. The number of hydrogen-bond acceptors (Lipinski definition) is 2. The van der Waals surface area contributed by atoms with E-state index in [1.54, 1.807) is 0 Å². The Balaban J connectivity index is 1.12. The van der Waals surface area contributed by atoms with Crippen LogP contribution in [0.3, 0.4) is 0 Å². The SMILES string of the molecule is c1ccc(-c2nc(-c3c4c(cc5c3-c3ccccc3C53c5ccccc5-c5c(-n6c7ccccc7c7ccccc76)cccc53)-c3cccc5cccc-4c35)nc3ccccc23)cc1. The molecule has 3 nitrogen and oxygen atoms in total. The maximum absolute atomic E-state index is 5.69. The van der Waals surface area contributed by atoms with Crippen LogP contribution in [0.2, 0.25) is 0 Å². The molecule has 0 saturated carbocycles. The second kappa shape index (κ2) is 12.4. The number of benzene rings is 10. The van der Waals surface area contributed by atoms with Gasteiger partial charge in [0.2, 0.25) is 0 Å². The molecule has 1 atom stereocenters. The van der Waals surface area contributed by atoms with E-state index in [4.69, 9.17) is 9.97 Å². The van der Waals surface area contributed by atoms with E-state index in [9.17, 15) is 0 Å². The Kier molecular flexibility index (Phi) is 6.61. The van der Waals surface area contributed by atoms with Gasteiger partial charge in [0.1, 0.15) is 0 Å². The first-order valence-corrected chi connectivity index (χ1v) is 22.2. The molecule has 0 amide bonds. The maximum atomic E-state index is 5.69. The average molecular weight is 810 g/mol. The molecular formula is C61H35N3. The van der Waals surface area contributed by atoms with Crippen molar-refractivity contribution in [1.82, 2.24) is 14.5 Å². The van der Waals surface area contributed by atoms with Crippen molar-refractivity contribution >= 4 is 43.5 Å². The Hall–Kier alpha value is -8.40. The van der Waals surface area contributed by atoms with Gasteiger partial charge in [-0.3, -0.25) is 0 Å². The van der Waals surface area contributed by atoms with Crippen molar-refractivity contribution in [2.75, 3.05) is 0 Å². The normalized spacial score (nSPS) is 14.9. The number of aromatic nitrogens is 3. The number of hydrogen-bond donors (Lipinski definition) is 0. The Morgan fingerprint density at radius 2 is 0.938 bits per heavy atom. The van der Waals surface area contributed by atoms with Crippen molar-refractivity contribution in [2.24, 2.45) is 0 Å². The topological polar surface area (TPSA) is 30.7 Å². The first-order valence-electron chi connectivity index (χ1n) is 22.2. The molecule has 1 unspecified atom stereocenters. The average Bonchev–Trinajstić information content (AvgIpc) is 4.06. The van der Waals surface area contributed by atoms with Crippen LogP contribution < -0.4 is 0 Å². The van der Waals surface area contributed by atoms with Gasteiger partial charge in [0.25, 0.3) is 0 Å². The second-order valence-electron chi connectivity index (χ2n) is 17.5. The van der Waals surface area contributed by atoms with E-state index in [1.807, 2.05) is 0 Å². The minimum Gasteiger partial charge on any atom is -0.309 e. The zero-order chi connectivity index (χ0) is 41.7. The summed E-state index contributed by atoms with van der Waals surface area (Å²) < 4.78 is 2.50. The van der Waals surface area contributed by atoms with Crippen molar-refractivity contribution in [3.63, 3.8) is 0 Å². The van der Waals surface area contributed by atoms with Crippen LogP contribution in [0.5, 0.6) is 0 Å². The number of rotatable bonds is 3. The lowest BCUT2D eigenvalue weighted by Crippen LogP contribution is -2.26. The highest BCUT2D eigenvalue weighted by Crippen LogP contribution is 2.67. The van der Waals surface area contributed by atoms with E-state index in [0.29, 0.717) is 0 Å². The molecule has 0 N–H and O–H groups in total. The summed E-state index contributed by atoms with van der Waals surface area (Å²) in [5, 5.41) is 6.08. The van der Waals surface area contributed by atoms with Crippen LogP contribution in [-0.4, -0.2) is 14.5 Å². The van der Waals surface area contributed by atoms with Crippen LogP contribution in [0, 0.1) is 0 Å². The molecule has 3 heteroatoms. The van der Waals surface area contributed by atoms with Gasteiger partial charge in [-0.1, -0.05) is 182 Å². The van der Waals surface area contributed by atoms with Gasteiger partial charge in [-0.2, -0.15) is 0 Å². The van der Waals surface area contributed by atoms with Crippen molar-refractivity contribution < 1.29 is 0 Å². The van der Waals surface area contributed by atoms with Crippen LogP contribution in [-0.2, 0) is 5.41 Å². The maximum Gasteiger partial charge on any atom is 0.161 e. The number of fused-ring (bicyclic) bond motifs is 17. The summed E-state index contributed by atoms with van der Waals surface area (Å²) in [5.74, 6) is 0.743. The molecular weight excluding hydrogens is 775 g/mol. The minimum absolute atomic E-state index is 0.627. The second-order valence-corrected chi connectivity index (χ2v) is 17.5. The molecule has 1 spiro atoms. The third-order valence-corrected chi connectivity index (χ3v) is 14.5. The summed E-state index contributed by atoms with van der Waals surface area (Å²) in [6, 6.07) is 78.3. The van der Waals surface area contributed by atoms with Crippen molar-refractivity contribution in [2.45, 2.75) is 5.41 Å². The van der Waals surface area contributed by atoms with Crippen LogP contribution >= 0.6 is 0 Å². The molecule has 0 fully saturated rings. The fourth-order valence-electron chi connectivity index (χ4n) is 12.2. The lowest BCUT2D eigenvalue weighted by Gasteiger charge is -2.31. The number of nitrogens with zero attached hydrogens (tertiary/aromatic N) is 3. The summed E-state index contributed by atoms with van der Waals surface area (Å²) in [6.07, 6.45) is 0. The molecule has 2 aromatic heterocycles. The van der Waals surface area contributed by atoms with Gasteiger partial charge < -0.3 is 4.57 Å². The molecule has 12 aromatic rings. The van der Waals surface area contributed by atoms with Gasteiger partial charge in [-0.15, -0.1) is 0 Å². The molecule has 0 saturated heterocycles. The van der Waals surface area contributed by atoms with Gasteiger partial charge in [0.05, 0.1) is 33.3 Å². The van der Waals surface area contributed by atoms with E-state index in [2.05, 4.69) is 217 Å². The molecule has 0 bridgehead atoms. The molecule has 15 rings (SSSR count). The molecule has 0 radical (unpaired) electrons.